The van der Waals surface area contributed by atoms with Crippen LogP contribution >= 0.6 is 39.5 Å². The predicted molar refractivity (Wildman–Crippen MR) is 148 cm³/mol. The fraction of sp³-hybridized carbons (Fsp3) is 0.286. The standard InChI is InChI=1S/C21H27N6PS3Se/c1-25(2)22-13-16-7-10-19(29-16)28(32,20-11-8-17(30-20)14-23-26(3)4)21-12-9-18(31-21)15-24-27(5)6/h7-15H,1-6H3/b22-13+,23-14+,24-15+. The van der Waals surface area contributed by atoms with Gasteiger partial charge in [0.05, 0.1) is 0 Å². The maximum absolute atomic E-state index is 4.41. The third kappa shape index (κ3) is 6.28. The van der Waals surface area contributed by atoms with Gasteiger partial charge in [0.25, 0.3) is 0 Å². The molecule has 0 bridgehead atoms. The molecule has 0 unspecified atom stereocenters. The van der Waals surface area contributed by atoms with Crippen molar-refractivity contribution in [1.82, 2.24) is 15.0 Å². The van der Waals surface area contributed by atoms with Crippen molar-refractivity contribution in [2.24, 2.45) is 15.3 Å². The van der Waals surface area contributed by atoms with E-state index in [1.807, 2.05) is 76.0 Å². The van der Waals surface area contributed by atoms with Crippen molar-refractivity contribution in [2.45, 2.75) is 0 Å². The van der Waals surface area contributed by atoms with Crippen molar-refractivity contribution in [3.63, 3.8) is 0 Å². The summed E-state index contributed by atoms with van der Waals surface area (Å²) < 4.78 is 4.02. The van der Waals surface area contributed by atoms with E-state index in [0.717, 1.165) is 14.6 Å². The first-order valence-electron chi connectivity index (χ1n) is 9.73. The summed E-state index contributed by atoms with van der Waals surface area (Å²) in [6, 6.07) is 13.2. The van der Waals surface area contributed by atoms with Gasteiger partial charge in [-0.2, -0.15) is 0 Å². The Hall–Kier alpha value is -1.54. The van der Waals surface area contributed by atoms with Gasteiger partial charge in [-0.3, -0.25) is 0 Å². The van der Waals surface area contributed by atoms with Crippen LogP contribution in [0.25, 0.3) is 0 Å². The third-order valence-electron chi connectivity index (χ3n) is 4.02. The van der Waals surface area contributed by atoms with Crippen molar-refractivity contribution in [3.8, 4) is 0 Å². The molecule has 6 nitrogen and oxygen atoms in total. The fourth-order valence-electron chi connectivity index (χ4n) is 2.59. The summed E-state index contributed by atoms with van der Waals surface area (Å²) in [4.78, 5) is 3.43. The summed E-state index contributed by atoms with van der Waals surface area (Å²) in [5.74, 6) is 0. The van der Waals surface area contributed by atoms with Crippen LogP contribution < -0.4 is 13.9 Å². The van der Waals surface area contributed by atoms with Crippen molar-refractivity contribution in [1.29, 1.82) is 0 Å². The second kappa shape index (κ2) is 11.1. The molecule has 0 spiro atoms. The Labute approximate surface area is 209 Å². The van der Waals surface area contributed by atoms with Crippen LogP contribution in [0.4, 0.5) is 0 Å². The minimum absolute atomic E-state index is 1.14. The molecule has 0 amide bonds. The normalized spacial score (nSPS) is 12.4. The van der Waals surface area contributed by atoms with Gasteiger partial charge in [-0.15, -0.1) is 0 Å². The summed E-state index contributed by atoms with van der Waals surface area (Å²) >= 11 is 9.05. The molecule has 0 aliphatic carbocycles. The van der Waals surface area contributed by atoms with Crippen LogP contribution in [0.15, 0.2) is 51.7 Å². The Morgan fingerprint density at radius 1 is 0.594 bits per heavy atom. The number of thiophene rings is 3. The van der Waals surface area contributed by atoms with Gasteiger partial charge in [0.15, 0.2) is 0 Å². The predicted octanol–water partition coefficient (Wildman–Crippen LogP) is 2.94. The van der Waals surface area contributed by atoms with Crippen molar-refractivity contribution in [2.75, 3.05) is 42.3 Å². The van der Waals surface area contributed by atoms with Crippen molar-refractivity contribution < 1.29 is 0 Å². The summed E-state index contributed by atoms with van der Waals surface area (Å²) in [6.45, 7) is 0. The number of hydrogen-bond donors (Lipinski definition) is 0. The molecular weight excluding hydrogens is 542 g/mol. The first kappa shape index (κ1) is 25.1. The Morgan fingerprint density at radius 3 is 1.12 bits per heavy atom. The van der Waals surface area contributed by atoms with Gasteiger partial charge in [-0.05, 0) is 0 Å². The van der Waals surface area contributed by atoms with Crippen molar-refractivity contribution in [3.05, 3.63) is 51.0 Å². The zero-order valence-electron chi connectivity index (χ0n) is 19.0. The van der Waals surface area contributed by atoms with E-state index in [2.05, 4.69) is 66.8 Å². The summed E-state index contributed by atoms with van der Waals surface area (Å²) in [5, 5.41) is 18.7. The molecule has 0 fully saturated rings. The van der Waals surface area contributed by atoms with Crippen LogP contribution in [0.5, 0.6) is 0 Å². The third-order valence-corrected chi connectivity index (χ3v) is 18.1. The van der Waals surface area contributed by atoms with Gasteiger partial charge in [0, 0.05) is 0 Å². The Kier molecular flexibility index (Phi) is 8.67. The summed E-state index contributed by atoms with van der Waals surface area (Å²) in [5.41, 5.74) is -1.90. The van der Waals surface area contributed by atoms with Gasteiger partial charge in [-0.1, -0.05) is 0 Å². The van der Waals surface area contributed by atoms with E-state index in [1.54, 1.807) is 34.0 Å². The van der Waals surface area contributed by atoms with E-state index in [4.69, 9.17) is 0 Å². The molecule has 0 aromatic carbocycles. The molecule has 0 radical (unpaired) electrons. The fourth-order valence-corrected chi connectivity index (χ4v) is 14.0. The van der Waals surface area contributed by atoms with Crippen molar-refractivity contribution >= 4 is 87.1 Å². The van der Waals surface area contributed by atoms with Crippen LogP contribution in [0, 0.1) is 0 Å². The zero-order chi connectivity index (χ0) is 23.3. The van der Waals surface area contributed by atoms with Gasteiger partial charge in [0.1, 0.15) is 0 Å². The molecular formula is C21H27N6PS3Se. The molecule has 3 rings (SSSR count). The second-order valence-corrected chi connectivity index (χ2v) is 17.8. The molecule has 0 N–H and O–H groups in total. The van der Waals surface area contributed by atoms with Gasteiger partial charge < -0.3 is 0 Å². The zero-order valence-corrected chi connectivity index (χ0v) is 24.0. The molecule has 11 heteroatoms. The minimum atomic E-state index is -1.90. The molecule has 0 atom stereocenters. The monoisotopic (exact) mass is 570 g/mol. The molecule has 0 aliphatic rings. The SMILES string of the molecule is CN(C)/N=C/c1ccc(P(=[Se])(c2ccc(/C=N/N(C)C)s2)c2ccc(/C=N/N(C)C)s2)s1. The van der Waals surface area contributed by atoms with E-state index in [1.165, 1.54) is 13.9 Å². The van der Waals surface area contributed by atoms with E-state index in [-0.39, 0.29) is 0 Å². The quantitative estimate of drug-likeness (QED) is 0.172. The number of nitrogens with zero attached hydrogens (tertiary/aromatic N) is 6. The van der Waals surface area contributed by atoms with E-state index in [9.17, 15) is 0 Å². The molecule has 0 saturated carbocycles. The first-order valence-corrected chi connectivity index (χ1v) is 16.2. The Balaban J connectivity index is 2.07. The summed E-state index contributed by atoms with van der Waals surface area (Å²) in [7, 11) is 11.6. The molecule has 3 aromatic rings. The van der Waals surface area contributed by atoms with Gasteiger partial charge >= 0.3 is 211 Å². The number of hydrogen-bond acceptors (Lipinski definition) is 9. The van der Waals surface area contributed by atoms with E-state index >= 15 is 0 Å². The van der Waals surface area contributed by atoms with Crippen LogP contribution in [0.2, 0.25) is 0 Å². The number of rotatable bonds is 9. The summed E-state index contributed by atoms with van der Waals surface area (Å²) in [6.07, 6.45) is 5.77. The Bertz CT molecular complexity index is 1030. The van der Waals surface area contributed by atoms with E-state index < -0.39 is 5.51 Å². The molecule has 3 heterocycles. The molecule has 0 saturated heterocycles. The van der Waals surface area contributed by atoms with Crippen LogP contribution in [-0.4, -0.2) is 91.1 Å². The van der Waals surface area contributed by atoms with Gasteiger partial charge in [-0.25, -0.2) is 0 Å². The average Bonchev–Trinajstić information content (AvgIpc) is 3.49. The topological polar surface area (TPSA) is 46.8 Å². The van der Waals surface area contributed by atoms with Gasteiger partial charge in [0.2, 0.25) is 0 Å². The molecule has 32 heavy (non-hydrogen) atoms. The number of hydrazone groups is 3. The first-order chi connectivity index (χ1) is 15.2. The molecule has 170 valence electrons. The van der Waals surface area contributed by atoms with Crippen LogP contribution in [-0.2, 0) is 0 Å². The Morgan fingerprint density at radius 2 is 0.875 bits per heavy atom. The van der Waals surface area contributed by atoms with Crippen LogP contribution in [0.1, 0.15) is 14.6 Å². The van der Waals surface area contributed by atoms with E-state index in [0.29, 0.717) is 0 Å². The molecule has 3 aromatic heterocycles. The second-order valence-electron chi connectivity index (χ2n) is 7.41. The van der Waals surface area contributed by atoms with Crippen LogP contribution in [0.3, 0.4) is 0 Å². The molecule has 0 aliphatic heterocycles. The maximum atomic E-state index is 4.41. The average molecular weight is 570 g/mol.